The molecular weight excluding hydrogens is 581 g/mol. The fourth-order valence-electron chi connectivity index (χ4n) is 4.45. The molecule has 0 aromatic carbocycles. The summed E-state index contributed by atoms with van der Waals surface area (Å²) >= 11 is 1.55. The maximum Gasteiger partial charge on any atom is 0.500 e. The Morgan fingerprint density at radius 2 is 1.24 bits per heavy atom. The third-order valence-corrected chi connectivity index (χ3v) is 13.3. The zero-order chi connectivity index (χ0) is 30.4. The lowest BCUT2D eigenvalue weighted by molar-refractivity contribution is 0.0702. The van der Waals surface area contributed by atoms with Crippen molar-refractivity contribution in [2.24, 2.45) is 0 Å². The molecular formula is C27H56N4O7SSi2. The molecule has 0 unspecified atom stereocenters. The third kappa shape index (κ3) is 14.5. The molecule has 0 aliphatic carbocycles. The van der Waals surface area contributed by atoms with Gasteiger partial charge < -0.3 is 31.9 Å². The smallest absolute Gasteiger partial charge is 0.374 e. The summed E-state index contributed by atoms with van der Waals surface area (Å²) in [6, 6.07) is 1.11. The van der Waals surface area contributed by atoms with E-state index in [0.29, 0.717) is 76.1 Å². The first kappa shape index (κ1) is 38.2. The highest BCUT2D eigenvalue weighted by Crippen LogP contribution is 2.23. The summed E-state index contributed by atoms with van der Waals surface area (Å²) in [6.45, 7) is 17.7. The van der Waals surface area contributed by atoms with E-state index in [9.17, 15) is 4.79 Å². The Hall–Kier alpha value is -0.846. The number of aromatic nitrogens is 3. The quantitative estimate of drug-likeness (QED) is 0.0746. The van der Waals surface area contributed by atoms with Crippen molar-refractivity contribution < 1.29 is 31.4 Å². The van der Waals surface area contributed by atoms with Crippen molar-refractivity contribution in [3.63, 3.8) is 0 Å². The molecule has 1 N–H and O–H groups in total. The number of carbonyl (C=O) groups is 1. The molecule has 0 saturated carbocycles. The van der Waals surface area contributed by atoms with E-state index in [-0.39, 0.29) is 6.03 Å². The van der Waals surface area contributed by atoms with Crippen LogP contribution in [0.25, 0.3) is 0 Å². The third-order valence-electron chi connectivity index (χ3n) is 6.08. The summed E-state index contributed by atoms with van der Waals surface area (Å²) in [5.41, 5.74) is 0. The maximum absolute atomic E-state index is 13.2. The molecule has 0 radical (unpaired) electrons. The second-order valence-electron chi connectivity index (χ2n) is 9.28. The summed E-state index contributed by atoms with van der Waals surface area (Å²) < 4.78 is 37.1. The van der Waals surface area contributed by atoms with Gasteiger partial charge >= 0.3 is 23.6 Å². The predicted octanol–water partition coefficient (Wildman–Crippen LogP) is 5.93. The van der Waals surface area contributed by atoms with Crippen molar-refractivity contribution in [2.75, 3.05) is 51.9 Å². The average Bonchev–Trinajstić information content (AvgIpc) is 3.35. The number of thioether (sulfide) groups is 1. The molecule has 0 atom stereocenters. The van der Waals surface area contributed by atoms with E-state index in [1.165, 1.54) is 4.68 Å². The van der Waals surface area contributed by atoms with E-state index in [4.69, 9.17) is 31.5 Å². The summed E-state index contributed by atoms with van der Waals surface area (Å²) in [5.74, 6) is 1.48. The molecule has 0 saturated heterocycles. The second-order valence-corrected chi connectivity index (χ2v) is 15.8. The Morgan fingerprint density at radius 3 is 1.73 bits per heavy atom. The Bertz CT molecular complexity index is 789. The minimum absolute atomic E-state index is 0.262. The predicted molar refractivity (Wildman–Crippen MR) is 168 cm³/mol. The molecule has 1 amide bonds. The molecule has 0 spiro atoms. The first-order chi connectivity index (χ1) is 19.9. The van der Waals surface area contributed by atoms with Crippen LogP contribution in [-0.4, -0.2) is 90.3 Å². The van der Waals surface area contributed by atoms with Gasteiger partial charge in [-0.1, -0.05) is 37.9 Å². The monoisotopic (exact) mass is 636 g/mol. The lowest BCUT2D eigenvalue weighted by Crippen LogP contribution is -2.46. The zero-order valence-corrected chi connectivity index (χ0v) is 29.4. The minimum atomic E-state index is -2.74. The van der Waals surface area contributed by atoms with E-state index in [2.05, 4.69) is 17.3 Å². The topological polar surface area (TPSA) is 115 Å². The van der Waals surface area contributed by atoms with Crippen LogP contribution < -0.4 is 5.32 Å². The lowest BCUT2D eigenvalue weighted by Gasteiger charge is -2.28. The van der Waals surface area contributed by atoms with Crippen molar-refractivity contribution in [1.82, 2.24) is 20.1 Å². The normalized spacial score (nSPS) is 12.3. The van der Waals surface area contributed by atoms with Crippen LogP contribution in [0.4, 0.5) is 4.79 Å². The van der Waals surface area contributed by atoms with Crippen LogP contribution in [0, 0.1) is 0 Å². The van der Waals surface area contributed by atoms with Gasteiger partial charge in [-0.3, -0.25) is 0 Å². The van der Waals surface area contributed by atoms with Crippen LogP contribution in [-0.2, 0) is 33.0 Å². The molecule has 240 valence electrons. The van der Waals surface area contributed by atoms with Crippen LogP contribution >= 0.6 is 11.8 Å². The van der Waals surface area contributed by atoms with Crippen molar-refractivity contribution in [3.05, 3.63) is 5.82 Å². The highest BCUT2D eigenvalue weighted by atomic mass is 32.2. The molecule has 0 aliphatic rings. The van der Waals surface area contributed by atoms with Gasteiger partial charge in [-0.2, -0.15) is 4.68 Å². The van der Waals surface area contributed by atoms with Gasteiger partial charge in [0.25, 0.3) is 0 Å². The number of amides is 1. The number of nitrogens with zero attached hydrogens (tertiary/aromatic N) is 3. The van der Waals surface area contributed by atoms with Crippen molar-refractivity contribution in [1.29, 1.82) is 0 Å². The molecule has 11 nitrogen and oxygen atoms in total. The van der Waals surface area contributed by atoms with Crippen LogP contribution in [0.15, 0.2) is 5.16 Å². The second kappa shape index (κ2) is 22.7. The number of rotatable bonds is 26. The highest BCUT2D eigenvalue weighted by molar-refractivity contribution is 7.99. The molecule has 1 rings (SSSR count). The number of hydrogen-bond acceptors (Lipinski definition) is 10. The number of carbonyl (C=O) groups excluding carboxylic acids is 1. The van der Waals surface area contributed by atoms with Crippen molar-refractivity contribution in [3.8, 4) is 0 Å². The largest absolute Gasteiger partial charge is 0.500 e. The minimum Gasteiger partial charge on any atom is -0.374 e. The van der Waals surface area contributed by atoms with E-state index in [1.54, 1.807) is 11.8 Å². The Balaban J connectivity index is 2.81. The molecule has 1 heterocycles. The van der Waals surface area contributed by atoms with E-state index >= 15 is 0 Å². The first-order valence-electron chi connectivity index (χ1n) is 15.6. The van der Waals surface area contributed by atoms with Gasteiger partial charge in [0, 0.05) is 70.4 Å². The van der Waals surface area contributed by atoms with Gasteiger partial charge in [-0.25, -0.2) is 9.78 Å². The Labute approximate surface area is 254 Å². The van der Waals surface area contributed by atoms with Crippen molar-refractivity contribution >= 4 is 35.4 Å². The number of unbranched alkanes of at least 4 members (excludes halogenated alkanes) is 3. The van der Waals surface area contributed by atoms with Crippen LogP contribution in [0.1, 0.15) is 92.8 Å². The van der Waals surface area contributed by atoms with Gasteiger partial charge in [-0.15, -0.1) is 5.10 Å². The average molecular weight is 637 g/mol. The van der Waals surface area contributed by atoms with Crippen LogP contribution in [0.2, 0.25) is 12.1 Å². The number of aryl methyl sites for hydroxylation is 1. The van der Waals surface area contributed by atoms with Gasteiger partial charge in [-0.05, 0) is 60.8 Å². The zero-order valence-electron chi connectivity index (χ0n) is 26.6. The molecule has 14 heteroatoms. The standard InChI is InChI=1S/C27H56N4O7SSi2/c1-8-15-16-17-20-25-29-26(39-22-19-24-41(36-12-5,37-13-6)38-14-7)30-31(25)27(32)28-21-18-23-40(33-9-2,34-10-3)35-11-4/h8-24H2,1-7H3,(H,28,32). The SMILES string of the molecule is CCCCCCc1nc(SCCC[Si](OCC)(OCC)OCC)nn1C(=O)NCCC[Si](OCC)(OCC)OCC. The lowest BCUT2D eigenvalue weighted by atomic mass is 10.1. The highest BCUT2D eigenvalue weighted by Gasteiger charge is 2.40. The number of hydrogen-bond donors (Lipinski definition) is 1. The maximum atomic E-state index is 13.2. The van der Waals surface area contributed by atoms with Crippen LogP contribution in [0.5, 0.6) is 0 Å². The molecule has 1 aromatic heterocycles. The van der Waals surface area contributed by atoms with Gasteiger partial charge in [0.05, 0.1) is 0 Å². The summed E-state index contributed by atoms with van der Waals surface area (Å²) in [7, 11) is -5.42. The Morgan fingerprint density at radius 1 is 0.732 bits per heavy atom. The molecule has 41 heavy (non-hydrogen) atoms. The number of nitrogens with one attached hydrogen (secondary N) is 1. The molecule has 0 aliphatic heterocycles. The fraction of sp³-hybridized carbons (Fsp3) is 0.889. The van der Waals surface area contributed by atoms with Crippen molar-refractivity contribution in [2.45, 2.75) is 111 Å². The summed E-state index contributed by atoms with van der Waals surface area (Å²) in [4.78, 5) is 17.9. The van der Waals surface area contributed by atoms with Crippen LogP contribution in [0.3, 0.4) is 0 Å². The van der Waals surface area contributed by atoms with Gasteiger partial charge in [0.2, 0.25) is 5.16 Å². The van der Waals surface area contributed by atoms with E-state index in [0.717, 1.165) is 43.9 Å². The summed E-state index contributed by atoms with van der Waals surface area (Å²) in [5, 5.41) is 8.19. The molecule has 1 aromatic rings. The summed E-state index contributed by atoms with van der Waals surface area (Å²) in [6.07, 6.45) is 6.63. The van der Waals surface area contributed by atoms with Gasteiger partial charge in [0.1, 0.15) is 5.82 Å². The van der Waals surface area contributed by atoms with E-state index in [1.807, 2.05) is 41.5 Å². The molecule has 0 fully saturated rings. The fourth-order valence-corrected chi connectivity index (χ4v) is 10.7. The van der Waals surface area contributed by atoms with E-state index < -0.39 is 17.6 Å². The molecule has 0 bridgehead atoms. The first-order valence-corrected chi connectivity index (χ1v) is 20.4. The Kier molecular flexibility index (Phi) is 21.1. The van der Waals surface area contributed by atoms with Gasteiger partial charge in [0.15, 0.2) is 0 Å².